The minimum Gasteiger partial charge on any atom is -0.327 e. The summed E-state index contributed by atoms with van der Waals surface area (Å²) in [6.45, 7) is 5.57. The normalized spacial score (nSPS) is 12.3. The number of hydrogen-bond donors (Lipinski definition) is 0. The van der Waals surface area contributed by atoms with E-state index in [-0.39, 0.29) is 17.5 Å². The largest absolute Gasteiger partial charge is 0.327 e. The first-order chi connectivity index (χ1) is 14.3. The Morgan fingerprint density at radius 2 is 1.87 bits per heavy atom. The Morgan fingerprint density at radius 3 is 2.53 bits per heavy atom. The third kappa shape index (κ3) is 4.63. The van der Waals surface area contributed by atoms with Crippen LogP contribution < -0.4 is 5.56 Å². The van der Waals surface area contributed by atoms with E-state index in [1.54, 1.807) is 15.5 Å². The highest BCUT2D eigenvalue weighted by molar-refractivity contribution is 9.10. The van der Waals surface area contributed by atoms with Crippen LogP contribution >= 0.6 is 15.9 Å². The molecule has 0 spiro atoms. The van der Waals surface area contributed by atoms with Gasteiger partial charge in [-0.25, -0.2) is 4.98 Å². The summed E-state index contributed by atoms with van der Waals surface area (Å²) in [5, 5.41) is 0.591. The molecule has 0 aliphatic carbocycles. The van der Waals surface area contributed by atoms with Crippen molar-refractivity contribution >= 4 is 32.7 Å². The number of fused-ring (bicyclic) bond motifs is 1. The van der Waals surface area contributed by atoms with Crippen molar-refractivity contribution in [3.63, 3.8) is 0 Å². The van der Waals surface area contributed by atoms with Crippen LogP contribution in [0, 0.1) is 0 Å². The molecule has 2 aromatic carbocycles. The number of carbonyl (C=O) groups is 1. The van der Waals surface area contributed by atoms with Gasteiger partial charge in [-0.2, -0.15) is 0 Å². The second-order valence-electron chi connectivity index (χ2n) is 7.52. The smallest absolute Gasteiger partial charge is 0.261 e. The monoisotopic (exact) mass is 470 g/mol. The first-order valence-corrected chi connectivity index (χ1v) is 10.8. The van der Waals surface area contributed by atoms with Gasteiger partial charge in [0.1, 0.15) is 5.82 Å². The van der Waals surface area contributed by atoms with Crippen molar-refractivity contribution in [1.29, 1.82) is 0 Å². The van der Waals surface area contributed by atoms with Gasteiger partial charge in [0.2, 0.25) is 0 Å². The third-order valence-electron chi connectivity index (χ3n) is 5.17. The standard InChI is InChI=1S/C23H27BrN4O2/c1-5-27-21(25-20-12-7-6-11-19(20)23(27)30)16(2)28(14-13-26(3)4)22(29)17-9-8-10-18(24)15-17/h6-12,15-16H,5,13-14H2,1-4H3. The van der Waals surface area contributed by atoms with Crippen molar-refractivity contribution in [2.75, 3.05) is 27.2 Å². The molecule has 158 valence electrons. The zero-order chi connectivity index (χ0) is 21.8. The van der Waals surface area contributed by atoms with E-state index in [2.05, 4.69) is 15.9 Å². The minimum absolute atomic E-state index is 0.0765. The van der Waals surface area contributed by atoms with Crippen LogP contribution in [0.5, 0.6) is 0 Å². The summed E-state index contributed by atoms with van der Waals surface area (Å²) in [7, 11) is 3.95. The quantitative estimate of drug-likeness (QED) is 0.524. The average molecular weight is 471 g/mol. The van der Waals surface area contributed by atoms with Crippen LogP contribution in [0.2, 0.25) is 0 Å². The van der Waals surface area contributed by atoms with E-state index in [0.29, 0.717) is 41.9 Å². The molecule has 1 amide bonds. The Morgan fingerprint density at radius 1 is 1.13 bits per heavy atom. The fraction of sp³-hybridized carbons (Fsp3) is 0.348. The van der Waals surface area contributed by atoms with E-state index in [9.17, 15) is 9.59 Å². The average Bonchev–Trinajstić information content (AvgIpc) is 2.73. The highest BCUT2D eigenvalue weighted by Gasteiger charge is 2.27. The molecule has 0 radical (unpaired) electrons. The molecule has 1 atom stereocenters. The van der Waals surface area contributed by atoms with Crippen LogP contribution in [0.3, 0.4) is 0 Å². The van der Waals surface area contributed by atoms with Crippen LogP contribution in [0.15, 0.2) is 57.8 Å². The fourth-order valence-electron chi connectivity index (χ4n) is 3.52. The molecule has 0 saturated carbocycles. The molecular formula is C23H27BrN4O2. The molecule has 0 aliphatic heterocycles. The second kappa shape index (κ2) is 9.53. The minimum atomic E-state index is -0.367. The maximum Gasteiger partial charge on any atom is 0.261 e. The molecule has 0 bridgehead atoms. The van der Waals surface area contributed by atoms with Gasteiger partial charge in [-0.15, -0.1) is 0 Å². The van der Waals surface area contributed by atoms with E-state index in [0.717, 1.165) is 4.47 Å². The van der Waals surface area contributed by atoms with Gasteiger partial charge in [-0.3, -0.25) is 14.2 Å². The highest BCUT2D eigenvalue weighted by atomic mass is 79.9. The number of halogens is 1. The van der Waals surface area contributed by atoms with Gasteiger partial charge in [0.25, 0.3) is 11.5 Å². The first-order valence-electron chi connectivity index (χ1n) is 10.0. The van der Waals surface area contributed by atoms with Crippen LogP contribution in [-0.4, -0.2) is 52.4 Å². The lowest BCUT2D eigenvalue weighted by Crippen LogP contribution is -2.41. The summed E-state index contributed by atoms with van der Waals surface area (Å²) in [4.78, 5) is 35.1. The molecule has 0 N–H and O–H groups in total. The topological polar surface area (TPSA) is 58.4 Å². The molecule has 1 unspecified atom stereocenters. The SMILES string of the molecule is CCn1c(C(C)N(CCN(C)C)C(=O)c2cccc(Br)c2)nc2ccccc2c1=O. The highest BCUT2D eigenvalue weighted by Crippen LogP contribution is 2.23. The van der Waals surface area contributed by atoms with Crippen molar-refractivity contribution in [2.45, 2.75) is 26.4 Å². The fourth-order valence-corrected chi connectivity index (χ4v) is 3.91. The number of hydrogen-bond acceptors (Lipinski definition) is 4. The molecule has 7 heteroatoms. The Balaban J connectivity index is 2.09. The third-order valence-corrected chi connectivity index (χ3v) is 5.66. The van der Waals surface area contributed by atoms with Gasteiger partial charge in [-0.05, 0) is 58.3 Å². The van der Waals surface area contributed by atoms with E-state index in [1.165, 1.54) is 0 Å². The van der Waals surface area contributed by atoms with Crippen molar-refractivity contribution in [3.05, 3.63) is 74.7 Å². The summed E-state index contributed by atoms with van der Waals surface area (Å²) < 4.78 is 2.52. The maximum absolute atomic E-state index is 13.4. The maximum atomic E-state index is 13.4. The Kier molecular flexibility index (Phi) is 7.05. The van der Waals surface area contributed by atoms with E-state index < -0.39 is 0 Å². The molecule has 3 rings (SSSR count). The lowest BCUT2D eigenvalue weighted by atomic mass is 10.1. The summed E-state index contributed by atoms with van der Waals surface area (Å²) in [6, 6.07) is 14.3. The number of benzene rings is 2. The van der Waals surface area contributed by atoms with Crippen LogP contribution in [0.1, 0.15) is 36.1 Å². The lowest BCUT2D eigenvalue weighted by molar-refractivity contribution is 0.0665. The molecular weight excluding hydrogens is 444 g/mol. The predicted octanol–water partition coefficient (Wildman–Crippen LogP) is 3.94. The number of nitrogens with zero attached hydrogens (tertiary/aromatic N) is 4. The number of aromatic nitrogens is 2. The molecule has 6 nitrogen and oxygen atoms in total. The van der Waals surface area contributed by atoms with E-state index in [4.69, 9.17) is 4.98 Å². The van der Waals surface area contributed by atoms with Crippen molar-refractivity contribution in [3.8, 4) is 0 Å². The number of amides is 1. The van der Waals surface area contributed by atoms with Gasteiger partial charge < -0.3 is 9.80 Å². The molecule has 1 aromatic heterocycles. The summed E-state index contributed by atoms with van der Waals surface area (Å²) >= 11 is 3.45. The zero-order valence-corrected chi connectivity index (χ0v) is 19.4. The molecule has 0 aliphatic rings. The number of likely N-dealkylation sites (N-methyl/N-ethyl adjacent to an activating group) is 1. The van der Waals surface area contributed by atoms with Crippen molar-refractivity contribution in [2.24, 2.45) is 0 Å². The lowest BCUT2D eigenvalue weighted by Gasteiger charge is -2.31. The van der Waals surface area contributed by atoms with Gasteiger partial charge in [0.05, 0.1) is 16.9 Å². The van der Waals surface area contributed by atoms with Crippen LogP contribution in [-0.2, 0) is 6.54 Å². The van der Waals surface area contributed by atoms with Crippen molar-refractivity contribution < 1.29 is 4.79 Å². The summed E-state index contributed by atoms with van der Waals surface area (Å²) in [5.41, 5.74) is 1.17. The van der Waals surface area contributed by atoms with Gasteiger partial charge in [0.15, 0.2) is 0 Å². The molecule has 1 heterocycles. The van der Waals surface area contributed by atoms with Crippen LogP contribution in [0.25, 0.3) is 10.9 Å². The molecule has 0 fully saturated rings. The van der Waals surface area contributed by atoms with Gasteiger partial charge in [-0.1, -0.05) is 34.1 Å². The number of para-hydroxylation sites is 1. The van der Waals surface area contributed by atoms with E-state index >= 15 is 0 Å². The number of rotatable bonds is 7. The molecule has 3 aromatic rings. The molecule has 30 heavy (non-hydrogen) atoms. The van der Waals surface area contributed by atoms with Gasteiger partial charge in [0, 0.05) is 29.7 Å². The van der Waals surface area contributed by atoms with Gasteiger partial charge >= 0.3 is 0 Å². The summed E-state index contributed by atoms with van der Waals surface area (Å²) in [6.07, 6.45) is 0. The summed E-state index contributed by atoms with van der Waals surface area (Å²) in [5.74, 6) is 0.513. The number of carbonyl (C=O) groups excluding carboxylic acids is 1. The zero-order valence-electron chi connectivity index (χ0n) is 17.8. The first kappa shape index (κ1) is 22.2. The van der Waals surface area contributed by atoms with Crippen molar-refractivity contribution in [1.82, 2.24) is 19.4 Å². The Bertz CT molecular complexity index is 1110. The Labute approximate surface area is 185 Å². The predicted molar refractivity (Wildman–Crippen MR) is 124 cm³/mol. The van der Waals surface area contributed by atoms with E-state index in [1.807, 2.05) is 75.3 Å². The van der Waals surface area contributed by atoms with Crippen LogP contribution in [0.4, 0.5) is 0 Å². The Hall–Kier alpha value is -2.51. The second-order valence-corrected chi connectivity index (χ2v) is 8.44. The molecule has 0 saturated heterocycles.